The van der Waals surface area contributed by atoms with Crippen molar-refractivity contribution in [2.45, 2.75) is 24.9 Å². The van der Waals surface area contributed by atoms with E-state index < -0.39 is 29.2 Å². The molecule has 14 heteroatoms. The Labute approximate surface area is 206 Å². The fourth-order valence-electron chi connectivity index (χ4n) is 3.55. The molecule has 0 radical (unpaired) electrons. The van der Waals surface area contributed by atoms with E-state index in [1.54, 1.807) is 22.8 Å². The van der Waals surface area contributed by atoms with Gasteiger partial charge in [0.2, 0.25) is 5.01 Å². The maximum Gasteiger partial charge on any atom is 0.352 e. The van der Waals surface area contributed by atoms with Crippen molar-refractivity contribution >= 4 is 63.1 Å². The number of carboxylic acid groups (broad SMARTS) is 1. The molecule has 2 aliphatic heterocycles. The molecular weight excluding hydrogens is 500 g/mol. The Morgan fingerprint density at radius 1 is 1.47 bits per heavy atom. The van der Waals surface area contributed by atoms with E-state index in [4.69, 9.17) is 10.6 Å². The number of aryl methyl sites for hydroxylation is 1. The van der Waals surface area contributed by atoms with Crippen molar-refractivity contribution in [1.82, 2.24) is 15.2 Å². The van der Waals surface area contributed by atoms with Crippen LogP contribution < -0.4 is 15.6 Å². The predicted octanol–water partition coefficient (Wildman–Crippen LogP) is 0.728. The predicted molar refractivity (Wildman–Crippen MR) is 128 cm³/mol. The van der Waals surface area contributed by atoms with Gasteiger partial charge in [0, 0.05) is 18.1 Å². The van der Waals surface area contributed by atoms with Crippen molar-refractivity contribution in [3.05, 3.63) is 51.1 Å². The number of carbonyl (C=O) groups is 3. The lowest BCUT2D eigenvalue weighted by Crippen LogP contribution is -2.71. The molecule has 2 aliphatic rings. The van der Waals surface area contributed by atoms with Crippen LogP contribution in [-0.4, -0.2) is 62.8 Å². The van der Waals surface area contributed by atoms with E-state index in [1.807, 2.05) is 29.1 Å². The van der Waals surface area contributed by atoms with Crippen molar-refractivity contribution in [2.24, 2.45) is 5.16 Å². The smallest absolute Gasteiger partial charge is 0.352 e. The number of nitrogens with zero attached hydrogens (tertiary/aromatic N) is 4. The van der Waals surface area contributed by atoms with Crippen LogP contribution in [0.1, 0.15) is 10.7 Å². The van der Waals surface area contributed by atoms with E-state index in [2.05, 4.69) is 15.5 Å². The molecule has 4 N–H and O–H groups in total. The van der Waals surface area contributed by atoms with Gasteiger partial charge in [-0.15, -0.1) is 23.1 Å². The molecule has 2 atom stereocenters. The summed E-state index contributed by atoms with van der Waals surface area (Å²) in [6.07, 6.45) is 5.57. The Kier molecular flexibility index (Phi) is 7.00. The van der Waals surface area contributed by atoms with Gasteiger partial charge in [0.25, 0.3) is 11.8 Å². The molecule has 178 valence electrons. The van der Waals surface area contributed by atoms with Gasteiger partial charge in [-0.2, -0.15) is 4.57 Å². The summed E-state index contributed by atoms with van der Waals surface area (Å²) in [4.78, 5) is 47.7. The molecule has 2 amide bonds. The molecule has 4 heterocycles. The number of hydrogen-bond acceptors (Lipinski definition) is 10. The van der Waals surface area contributed by atoms with Crippen LogP contribution in [-0.2, 0) is 25.8 Å². The number of aliphatic carboxylic acids is 1. The summed E-state index contributed by atoms with van der Waals surface area (Å²) in [6, 6.07) is -0.903. The van der Waals surface area contributed by atoms with Crippen LogP contribution in [0.4, 0.5) is 5.13 Å². The van der Waals surface area contributed by atoms with E-state index in [0.717, 1.165) is 16.3 Å². The summed E-state index contributed by atoms with van der Waals surface area (Å²) in [6.45, 7) is 2.59. The Morgan fingerprint density at radius 2 is 2.26 bits per heavy atom. The number of fused-ring (bicyclic) bond motifs is 1. The summed E-state index contributed by atoms with van der Waals surface area (Å²) < 4.78 is 2.04. The maximum atomic E-state index is 12.9. The average Bonchev–Trinajstić information content (AvgIpc) is 3.42. The van der Waals surface area contributed by atoms with E-state index in [-0.39, 0.29) is 22.2 Å². The molecule has 0 saturated carbocycles. The zero-order valence-electron chi connectivity index (χ0n) is 18.1. The van der Waals surface area contributed by atoms with Crippen LogP contribution in [0.15, 0.2) is 45.5 Å². The highest BCUT2D eigenvalue weighted by Crippen LogP contribution is 2.40. The number of allylic oxidation sites excluding steroid dienone is 2. The highest BCUT2D eigenvalue weighted by atomic mass is 32.2. The molecular formula is C20H21N6O5S3+. The first-order valence-corrected chi connectivity index (χ1v) is 12.8. The minimum Gasteiger partial charge on any atom is -0.477 e. The topological polar surface area (TPSA) is 151 Å². The minimum absolute atomic E-state index is 0.0689. The summed E-state index contributed by atoms with van der Waals surface area (Å²) in [5.74, 6) is -1.98. The van der Waals surface area contributed by atoms with Gasteiger partial charge >= 0.3 is 5.97 Å². The third-order valence-corrected chi connectivity index (χ3v) is 7.96. The second kappa shape index (κ2) is 9.95. The van der Waals surface area contributed by atoms with Crippen molar-refractivity contribution in [1.29, 1.82) is 0 Å². The normalized spacial score (nSPS) is 20.4. The number of hydrogen-bond donors (Lipinski definition) is 3. The fraction of sp³-hybridized carbons (Fsp3) is 0.300. The van der Waals surface area contributed by atoms with Crippen LogP contribution in [0.25, 0.3) is 0 Å². The number of nitrogens with two attached hydrogens (primary N) is 1. The number of oxime groups is 1. The third kappa shape index (κ3) is 4.56. The molecule has 1 fully saturated rings. The second-order valence-corrected chi connectivity index (χ2v) is 10.3. The number of carboxylic acids is 1. The molecule has 34 heavy (non-hydrogen) atoms. The highest BCUT2D eigenvalue weighted by molar-refractivity contribution is 8.00. The minimum atomic E-state index is -1.19. The molecule has 0 aliphatic carbocycles. The average molecular weight is 522 g/mol. The molecule has 2 aromatic heterocycles. The van der Waals surface area contributed by atoms with Crippen molar-refractivity contribution in [3.63, 3.8) is 0 Å². The number of rotatable bonds is 8. The Balaban J connectivity index is 1.49. The summed E-state index contributed by atoms with van der Waals surface area (Å²) in [5.41, 5.74) is 6.21. The Morgan fingerprint density at radius 3 is 2.88 bits per heavy atom. The van der Waals surface area contributed by atoms with E-state index >= 15 is 0 Å². The number of β-lactam (4-membered cyclic amide) rings is 1. The van der Waals surface area contributed by atoms with Crippen LogP contribution in [0.2, 0.25) is 0 Å². The lowest BCUT2D eigenvalue weighted by molar-refractivity contribution is -0.687. The summed E-state index contributed by atoms with van der Waals surface area (Å²) in [7, 11) is 1.29. The summed E-state index contributed by atoms with van der Waals surface area (Å²) >= 11 is 4.14. The van der Waals surface area contributed by atoms with E-state index in [9.17, 15) is 19.5 Å². The van der Waals surface area contributed by atoms with Crippen LogP contribution in [0.5, 0.6) is 0 Å². The van der Waals surface area contributed by atoms with Gasteiger partial charge in [-0.3, -0.25) is 14.5 Å². The first-order valence-electron chi connectivity index (χ1n) is 9.96. The number of aromatic nitrogens is 2. The Hall–Kier alpha value is -3.23. The fourth-order valence-corrected chi connectivity index (χ4v) is 6.09. The number of anilines is 1. The van der Waals surface area contributed by atoms with Crippen molar-refractivity contribution < 1.29 is 28.9 Å². The van der Waals surface area contributed by atoms with Crippen molar-refractivity contribution in [2.75, 3.05) is 18.6 Å². The third-order valence-electron chi connectivity index (χ3n) is 5.15. The van der Waals surface area contributed by atoms with E-state index in [0.29, 0.717) is 17.9 Å². The number of thioether (sulfide) groups is 1. The molecule has 2 aromatic rings. The first-order chi connectivity index (χ1) is 16.3. The van der Waals surface area contributed by atoms with Crippen LogP contribution in [0, 0.1) is 6.92 Å². The zero-order chi connectivity index (χ0) is 24.4. The van der Waals surface area contributed by atoms with Crippen LogP contribution >= 0.6 is 34.4 Å². The quantitative estimate of drug-likeness (QED) is 0.199. The number of nitrogens with one attached hydrogen (secondary N) is 1. The molecule has 0 aromatic carbocycles. The lowest BCUT2D eigenvalue weighted by atomic mass is 10.0. The molecule has 1 saturated heterocycles. The Bertz CT molecular complexity index is 1230. The highest BCUT2D eigenvalue weighted by Gasteiger charge is 2.54. The maximum absolute atomic E-state index is 12.9. The SMILES string of the molecule is CO/N=C(\C(=O)NC1C(=O)N2C(C(=O)O)=C(C=CC[n+]3ccsc3C)CS[C@H]12)c1csc(N)n1. The molecule has 11 nitrogen and oxygen atoms in total. The van der Waals surface area contributed by atoms with Crippen LogP contribution in [0.3, 0.4) is 0 Å². The van der Waals surface area contributed by atoms with Gasteiger partial charge in [-0.05, 0) is 11.6 Å². The molecule has 1 unspecified atom stereocenters. The van der Waals surface area contributed by atoms with Gasteiger partial charge < -0.3 is 21.0 Å². The van der Waals surface area contributed by atoms with E-state index in [1.165, 1.54) is 23.8 Å². The standard InChI is InChI=1S/C20H20N6O5S3/c1-10-25(6-7-32-10)5-3-4-11-8-33-18-14(17(28)26(18)15(11)19(29)30)23-16(27)13(24-31-2)12-9-34-20(21)22-12/h3-4,6-7,9,14,18H,5,8H2,1-2H3,(H3-,21,22,23,27,29,30)/p+1/b4-3?,24-13-/t14?,18-/m1/s1. The number of nitrogen functional groups attached to an aromatic ring is 1. The monoisotopic (exact) mass is 521 g/mol. The van der Waals surface area contributed by atoms with Gasteiger partial charge in [0.15, 0.2) is 23.6 Å². The first kappa shape index (κ1) is 23.9. The van der Waals surface area contributed by atoms with Gasteiger partial charge in [0.05, 0.1) is 5.38 Å². The second-order valence-electron chi connectivity index (χ2n) is 7.21. The molecule has 0 spiro atoms. The number of amides is 2. The van der Waals surface area contributed by atoms with Crippen molar-refractivity contribution in [3.8, 4) is 0 Å². The number of carbonyl (C=O) groups excluding carboxylic acids is 2. The zero-order valence-corrected chi connectivity index (χ0v) is 20.6. The molecule has 4 rings (SSSR count). The van der Waals surface area contributed by atoms with Gasteiger partial charge in [0.1, 0.15) is 29.9 Å². The largest absolute Gasteiger partial charge is 0.477 e. The lowest BCUT2D eigenvalue weighted by Gasteiger charge is -2.49. The number of thiazole rings is 2. The molecule has 0 bridgehead atoms. The van der Waals surface area contributed by atoms with Gasteiger partial charge in [-0.25, -0.2) is 9.78 Å². The van der Waals surface area contributed by atoms with Gasteiger partial charge in [-0.1, -0.05) is 22.6 Å². The summed E-state index contributed by atoms with van der Waals surface area (Å²) in [5, 5.41) is 20.5.